The average molecular weight is 312 g/mol. The fourth-order valence-corrected chi connectivity index (χ4v) is 2.52. The third-order valence-electron chi connectivity index (χ3n) is 4.02. The Balaban J connectivity index is 1.70. The van der Waals surface area contributed by atoms with Gasteiger partial charge in [0.1, 0.15) is 23.7 Å². The van der Waals surface area contributed by atoms with Crippen LogP contribution in [0.4, 0.5) is 11.6 Å². The van der Waals surface area contributed by atoms with E-state index < -0.39 is 0 Å². The first-order valence-electron chi connectivity index (χ1n) is 7.79. The summed E-state index contributed by atoms with van der Waals surface area (Å²) in [5.74, 6) is 1.75. The van der Waals surface area contributed by atoms with Crippen LogP contribution in [0.25, 0.3) is 0 Å². The zero-order chi connectivity index (χ0) is 16.2. The molecule has 0 atom stereocenters. The van der Waals surface area contributed by atoms with Gasteiger partial charge < -0.3 is 10.2 Å². The van der Waals surface area contributed by atoms with Crippen molar-refractivity contribution in [3.63, 3.8) is 0 Å². The van der Waals surface area contributed by atoms with Gasteiger partial charge in [0, 0.05) is 25.4 Å². The van der Waals surface area contributed by atoms with Crippen LogP contribution in [0.2, 0.25) is 0 Å². The average Bonchev–Trinajstić information content (AvgIpc) is 2.56. The Bertz CT molecular complexity index is 679. The van der Waals surface area contributed by atoms with Crippen molar-refractivity contribution < 1.29 is 4.79 Å². The summed E-state index contributed by atoms with van der Waals surface area (Å²) in [6, 6.07) is 1.80. The largest absolute Gasteiger partial charge is 0.356 e. The minimum atomic E-state index is -0.325. The van der Waals surface area contributed by atoms with E-state index in [0.717, 1.165) is 43.4 Å². The third kappa shape index (κ3) is 3.80. The first-order chi connectivity index (χ1) is 11.1. The number of nitrogens with one attached hydrogen (secondary N) is 1. The van der Waals surface area contributed by atoms with Crippen LogP contribution in [-0.2, 0) is 0 Å². The molecule has 0 unspecified atom stereocenters. The lowest BCUT2D eigenvalue weighted by Gasteiger charge is -2.31. The van der Waals surface area contributed by atoms with Crippen LogP contribution in [-0.4, -0.2) is 38.9 Å². The van der Waals surface area contributed by atoms with Gasteiger partial charge in [-0.3, -0.25) is 9.78 Å². The van der Waals surface area contributed by atoms with E-state index in [4.69, 9.17) is 0 Å². The maximum atomic E-state index is 12.2. The van der Waals surface area contributed by atoms with E-state index in [1.54, 1.807) is 12.3 Å². The molecule has 0 saturated carbocycles. The van der Waals surface area contributed by atoms with Gasteiger partial charge in [0.2, 0.25) is 0 Å². The molecule has 3 rings (SSSR count). The van der Waals surface area contributed by atoms with Crippen LogP contribution in [0.5, 0.6) is 0 Å². The molecule has 1 fully saturated rings. The third-order valence-corrected chi connectivity index (χ3v) is 4.02. The van der Waals surface area contributed by atoms with Crippen molar-refractivity contribution in [1.82, 2.24) is 19.9 Å². The smallest absolute Gasteiger partial charge is 0.277 e. The van der Waals surface area contributed by atoms with Crippen molar-refractivity contribution >= 4 is 17.5 Å². The Morgan fingerprint density at radius 1 is 1.17 bits per heavy atom. The van der Waals surface area contributed by atoms with Gasteiger partial charge in [0.05, 0.1) is 11.9 Å². The van der Waals surface area contributed by atoms with E-state index in [1.165, 1.54) is 12.5 Å². The second-order valence-electron chi connectivity index (χ2n) is 5.93. The number of nitrogens with zero attached hydrogens (tertiary/aromatic N) is 5. The number of aromatic nitrogens is 4. The summed E-state index contributed by atoms with van der Waals surface area (Å²) in [7, 11) is 0. The lowest BCUT2D eigenvalue weighted by Crippen LogP contribution is -2.33. The number of carbonyl (C=O) groups excluding carboxylic acids is 1. The Morgan fingerprint density at radius 3 is 2.65 bits per heavy atom. The highest BCUT2D eigenvalue weighted by Gasteiger charge is 2.18. The molecule has 120 valence electrons. The monoisotopic (exact) mass is 312 g/mol. The second kappa shape index (κ2) is 6.68. The van der Waals surface area contributed by atoms with E-state index in [-0.39, 0.29) is 11.6 Å². The van der Waals surface area contributed by atoms with Gasteiger partial charge in [-0.1, -0.05) is 6.92 Å². The summed E-state index contributed by atoms with van der Waals surface area (Å²) in [5.41, 5.74) is 1.03. The molecule has 7 heteroatoms. The predicted molar refractivity (Wildman–Crippen MR) is 87.4 cm³/mol. The molecule has 0 bridgehead atoms. The quantitative estimate of drug-likeness (QED) is 0.934. The minimum absolute atomic E-state index is 0.266. The van der Waals surface area contributed by atoms with Crippen molar-refractivity contribution in [2.45, 2.75) is 26.7 Å². The molecule has 1 N–H and O–H groups in total. The van der Waals surface area contributed by atoms with Crippen LogP contribution in [0.15, 0.2) is 24.8 Å². The van der Waals surface area contributed by atoms with Gasteiger partial charge >= 0.3 is 0 Å². The Morgan fingerprint density at radius 2 is 1.96 bits per heavy atom. The first-order valence-corrected chi connectivity index (χ1v) is 7.79. The highest BCUT2D eigenvalue weighted by atomic mass is 16.1. The van der Waals surface area contributed by atoms with Crippen molar-refractivity contribution in [1.29, 1.82) is 0 Å². The van der Waals surface area contributed by atoms with Crippen molar-refractivity contribution in [2.75, 3.05) is 23.3 Å². The van der Waals surface area contributed by atoms with Crippen LogP contribution >= 0.6 is 0 Å². The van der Waals surface area contributed by atoms with Crippen LogP contribution in [0.1, 0.15) is 35.9 Å². The van der Waals surface area contributed by atoms with E-state index in [1.807, 2.05) is 6.92 Å². The zero-order valence-corrected chi connectivity index (χ0v) is 13.4. The molecule has 7 nitrogen and oxygen atoms in total. The number of rotatable bonds is 3. The number of anilines is 2. The number of hydrogen-bond donors (Lipinski definition) is 1. The van der Waals surface area contributed by atoms with Crippen LogP contribution in [0.3, 0.4) is 0 Å². The fourth-order valence-electron chi connectivity index (χ4n) is 2.52. The summed E-state index contributed by atoms with van der Waals surface area (Å²) < 4.78 is 0. The molecule has 2 aromatic heterocycles. The number of hydrogen-bond acceptors (Lipinski definition) is 6. The van der Waals surface area contributed by atoms with Gasteiger partial charge in [-0.15, -0.1) is 0 Å². The van der Waals surface area contributed by atoms with Gasteiger partial charge in [-0.25, -0.2) is 15.0 Å². The first kappa shape index (κ1) is 15.3. The SMILES string of the molecule is Cc1cnc(C(=O)Nc2cc(N3CCC(C)CC3)ncn2)cn1. The molecule has 0 radical (unpaired) electrons. The molecule has 0 spiro atoms. The van der Waals surface area contributed by atoms with Crippen LogP contribution < -0.4 is 10.2 Å². The number of piperidine rings is 1. The molecule has 0 aromatic carbocycles. The van der Waals surface area contributed by atoms with Gasteiger partial charge in [-0.2, -0.15) is 0 Å². The van der Waals surface area contributed by atoms with Crippen LogP contribution in [0, 0.1) is 12.8 Å². The summed E-state index contributed by atoms with van der Waals surface area (Å²) >= 11 is 0. The lowest BCUT2D eigenvalue weighted by atomic mass is 9.99. The number of carbonyl (C=O) groups is 1. The highest BCUT2D eigenvalue weighted by Crippen LogP contribution is 2.22. The highest BCUT2D eigenvalue weighted by molar-refractivity contribution is 6.02. The van der Waals surface area contributed by atoms with Crippen molar-refractivity contribution in [2.24, 2.45) is 5.92 Å². The van der Waals surface area contributed by atoms with Gasteiger partial charge in [0.25, 0.3) is 5.91 Å². The molecule has 0 aliphatic carbocycles. The molecular weight excluding hydrogens is 292 g/mol. The van der Waals surface area contributed by atoms with Crippen molar-refractivity contribution in [3.8, 4) is 0 Å². The van der Waals surface area contributed by atoms with E-state index in [9.17, 15) is 4.79 Å². The van der Waals surface area contributed by atoms with Crippen molar-refractivity contribution in [3.05, 3.63) is 36.2 Å². The summed E-state index contributed by atoms with van der Waals surface area (Å²) in [6.45, 7) is 6.06. The topological polar surface area (TPSA) is 83.9 Å². The number of aryl methyl sites for hydroxylation is 1. The summed E-state index contributed by atoms with van der Waals surface area (Å²) in [5, 5.41) is 2.75. The molecule has 3 heterocycles. The zero-order valence-electron chi connectivity index (χ0n) is 13.4. The summed E-state index contributed by atoms with van der Waals surface area (Å²) in [4.78, 5) is 31.0. The second-order valence-corrected chi connectivity index (χ2v) is 5.93. The molecule has 1 amide bonds. The molecule has 1 aliphatic rings. The van der Waals surface area contributed by atoms with E-state index >= 15 is 0 Å². The lowest BCUT2D eigenvalue weighted by molar-refractivity contribution is 0.102. The summed E-state index contributed by atoms with van der Waals surface area (Å²) in [6.07, 6.45) is 6.81. The maximum Gasteiger partial charge on any atom is 0.277 e. The van der Waals surface area contributed by atoms with Gasteiger partial charge in [0.15, 0.2) is 0 Å². The molecule has 23 heavy (non-hydrogen) atoms. The normalized spacial score (nSPS) is 15.5. The standard InChI is InChI=1S/C16H20N6O/c1-11-3-5-22(6-4-11)15-7-14(19-10-20-15)21-16(23)13-9-17-12(2)8-18-13/h7-11H,3-6H2,1-2H3,(H,19,20,21,23). The number of amides is 1. The fraction of sp³-hybridized carbons (Fsp3) is 0.438. The minimum Gasteiger partial charge on any atom is -0.356 e. The van der Waals surface area contributed by atoms with E-state index in [0.29, 0.717) is 5.82 Å². The Hall–Kier alpha value is -2.57. The predicted octanol–water partition coefficient (Wildman–Crippen LogP) is 2.06. The molecule has 2 aromatic rings. The molecular formula is C16H20N6O. The Kier molecular flexibility index (Phi) is 4.45. The Labute approximate surface area is 135 Å². The maximum absolute atomic E-state index is 12.2. The van der Waals surface area contributed by atoms with Gasteiger partial charge in [-0.05, 0) is 25.7 Å². The molecule has 1 aliphatic heterocycles. The van der Waals surface area contributed by atoms with E-state index in [2.05, 4.69) is 37.1 Å². The molecule has 1 saturated heterocycles.